The first kappa shape index (κ1) is 9.45. The number of aryl methyl sites for hydroxylation is 1. The van der Waals surface area contributed by atoms with Gasteiger partial charge in [0.1, 0.15) is 11.5 Å². The van der Waals surface area contributed by atoms with Crippen molar-refractivity contribution in [3.63, 3.8) is 0 Å². The Bertz CT molecular complexity index is 532. The average molecular weight is 206 g/mol. The van der Waals surface area contributed by atoms with Gasteiger partial charge in [0.25, 0.3) is 0 Å². The van der Waals surface area contributed by atoms with Crippen molar-refractivity contribution in [1.29, 1.82) is 0 Å². The molecule has 2 heterocycles. The molecule has 0 atom stereocenters. The summed E-state index contributed by atoms with van der Waals surface area (Å²) in [7, 11) is 3.50. The van der Waals surface area contributed by atoms with Gasteiger partial charge in [0.05, 0.1) is 5.39 Å². The Balaban J connectivity index is 2.79. The number of carboxylic acids is 1. The molecular formula is C9H10N4O2. The molecule has 0 aromatic carbocycles. The van der Waals surface area contributed by atoms with Crippen LogP contribution in [0.2, 0.25) is 0 Å². The van der Waals surface area contributed by atoms with Crippen molar-refractivity contribution in [3.05, 3.63) is 18.1 Å². The molecular weight excluding hydrogens is 196 g/mol. The summed E-state index contributed by atoms with van der Waals surface area (Å²) in [5, 5.41) is 12.5. The van der Waals surface area contributed by atoms with Crippen LogP contribution in [0.4, 0.5) is 5.82 Å². The van der Waals surface area contributed by atoms with Crippen LogP contribution in [0.3, 0.4) is 0 Å². The van der Waals surface area contributed by atoms with Crippen molar-refractivity contribution in [2.45, 2.75) is 0 Å². The smallest absolute Gasteiger partial charge is 0.374 e. The third-order valence-corrected chi connectivity index (χ3v) is 2.15. The Morgan fingerprint density at radius 1 is 1.53 bits per heavy atom. The number of aromatic nitrogens is 3. The molecule has 2 rings (SSSR count). The van der Waals surface area contributed by atoms with E-state index in [1.807, 2.05) is 12.3 Å². The number of carbonyl (C=O) groups is 1. The molecule has 0 aliphatic rings. The predicted octanol–water partition coefficient (Wildman–Crippen LogP) is 0.708. The van der Waals surface area contributed by atoms with Crippen LogP contribution >= 0.6 is 0 Å². The second-order valence-electron chi connectivity index (χ2n) is 3.11. The molecule has 0 fully saturated rings. The third-order valence-electron chi connectivity index (χ3n) is 2.15. The predicted molar refractivity (Wildman–Crippen MR) is 55.0 cm³/mol. The lowest BCUT2D eigenvalue weighted by Gasteiger charge is -2.03. The van der Waals surface area contributed by atoms with Crippen molar-refractivity contribution in [3.8, 4) is 0 Å². The van der Waals surface area contributed by atoms with Gasteiger partial charge < -0.3 is 15.0 Å². The number of fused-ring (bicyclic) bond motifs is 1. The van der Waals surface area contributed by atoms with Crippen LogP contribution in [-0.2, 0) is 7.05 Å². The van der Waals surface area contributed by atoms with Gasteiger partial charge in [-0.1, -0.05) is 0 Å². The number of rotatable bonds is 2. The first-order valence-electron chi connectivity index (χ1n) is 4.37. The van der Waals surface area contributed by atoms with Gasteiger partial charge in [0.15, 0.2) is 0 Å². The quantitative estimate of drug-likeness (QED) is 0.756. The summed E-state index contributed by atoms with van der Waals surface area (Å²) in [6.45, 7) is 0. The van der Waals surface area contributed by atoms with Crippen LogP contribution in [0.5, 0.6) is 0 Å². The SMILES string of the molecule is CNc1nc(C(=O)O)nc2c1ccn2C. The second kappa shape index (κ2) is 3.23. The van der Waals surface area contributed by atoms with E-state index >= 15 is 0 Å². The minimum Gasteiger partial charge on any atom is -0.475 e. The highest BCUT2D eigenvalue weighted by Crippen LogP contribution is 2.20. The molecule has 0 aliphatic heterocycles. The zero-order valence-corrected chi connectivity index (χ0v) is 8.35. The van der Waals surface area contributed by atoms with Gasteiger partial charge in [0, 0.05) is 20.3 Å². The van der Waals surface area contributed by atoms with E-state index in [4.69, 9.17) is 5.11 Å². The third kappa shape index (κ3) is 1.39. The Hall–Kier alpha value is -2.11. The molecule has 0 bridgehead atoms. The minimum atomic E-state index is -1.13. The van der Waals surface area contributed by atoms with Gasteiger partial charge in [-0.15, -0.1) is 0 Å². The number of aromatic carboxylic acids is 1. The normalized spacial score (nSPS) is 10.5. The maximum atomic E-state index is 10.8. The van der Waals surface area contributed by atoms with E-state index < -0.39 is 5.97 Å². The number of hydrogen-bond acceptors (Lipinski definition) is 4. The van der Waals surface area contributed by atoms with Crippen molar-refractivity contribution < 1.29 is 9.90 Å². The largest absolute Gasteiger partial charge is 0.475 e. The van der Waals surface area contributed by atoms with Crippen molar-refractivity contribution in [2.24, 2.45) is 7.05 Å². The summed E-state index contributed by atoms with van der Waals surface area (Å²) in [6.07, 6.45) is 1.81. The number of anilines is 1. The van der Waals surface area contributed by atoms with E-state index in [9.17, 15) is 4.79 Å². The maximum Gasteiger partial charge on any atom is 0.374 e. The Labute approximate surface area is 85.6 Å². The Morgan fingerprint density at radius 3 is 2.87 bits per heavy atom. The molecule has 0 spiro atoms. The fraction of sp³-hybridized carbons (Fsp3) is 0.222. The average Bonchev–Trinajstić information content (AvgIpc) is 2.59. The van der Waals surface area contributed by atoms with Gasteiger partial charge >= 0.3 is 5.97 Å². The van der Waals surface area contributed by atoms with Crippen LogP contribution in [0, 0.1) is 0 Å². The summed E-state index contributed by atoms with van der Waals surface area (Å²) in [5.41, 5.74) is 0.603. The molecule has 2 aromatic heterocycles. The number of nitrogens with zero attached hydrogens (tertiary/aromatic N) is 3. The van der Waals surface area contributed by atoms with E-state index in [0.29, 0.717) is 11.5 Å². The molecule has 78 valence electrons. The summed E-state index contributed by atoms with van der Waals surface area (Å²) in [5.74, 6) is -0.804. The lowest BCUT2D eigenvalue weighted by atomic mass is 10.3. The van der Waals surface area contributed by atoms with Crippen LogP contribution in [0.25, 0.3) is 11.0 Å². The molecule has 0 saturated heterocycles. The minimum absolute atomic E-state index is 0.200. The first-order valence-corrected chi connectivity index (χ1v) is 4.37. The highest BCUT2D eigenvalue weighted by Gasteiger charge is 2.13. The molecule has 0 unspecified atom stereocenters. The highest BCUT2D eigenvalue weighted by atomic mass is 16.4. The monoisotopic (exact) mass is 206 g/mol. The molecule has 0 saturated carbocycles. The molecule has 6 nitrogen and oxygen atoms in total. The lowest BCUT2D eigenvalue weighted by Crippen LogP contribution is -2.07. The zero-order valence-electron chi connectivity index (χ0n) is 8.35. The summed E-state index contributed by atoms with van der Waals surface area (Å²) >= 11 is 0. The van der Waals surface area contributed by atoms with Crippen LogP contribution in [0.15, 0.2) is 12.3 Å². The van der Waals surface area contributed by atoms with E-state index in [1.165, 1.54) is 0 Å². The molecule has 2 N–H and O–H groups in total. The molecule has 0 radical (unpaired) electrons. The van der Waals surface area contributed by atoms with Crippen molar-refractivity contribution in [1.82, 2.24) is 14.5 Å². The molecule has 0 aliphatic carbocycles. The second-order valence-corrected chi connectivity index (χ2v) is 3.11. The summed E-state index contributed by atoms with van der Waals surface area (Å²) in [4.78, 5) is 18.6. The summed E-state index contributed by atoms with van der Waals surface area (Å²) in [6, 6.07) is 1.84. The van der Waals surface area contributed by atoms with E-state index in [2.05, 4.69) is 15.3 Å². The topological polar surface area (TPSA) is 80.0 Å². The summed E-state index contributed by atoms with van der Waals surface area (Å²) < 4.78 is 1.75. The molecule has 6 heteroatoms. The maximum absolute atomic E-state index is 10.8. The van der Waals surface area contributed by atoms with E-state index in [1.54, 1.807) is 18.7 Å². The van der Waals surface area contributed by atoms with Gasteiger partial charge in [0.2, 0.25) is 5.82 Å². The number of carboxylic acid groups (broad SMARTS) is 1. The standard InChI is InChI=1S/C9H10N4O2/c1-10-6-5-3-4-13(2)8(5)12-7(11-6)9(14)15/h3-4H,1-2H3,(H,14,15)(H,10,11,12). The fourth-order valence-electron chi connectivity index (χ4n) is 1.42. The van der Waals surface area contributed by atoms with Crippen LogP contribution < -0.4 is 5.32 Å². The Kier molecular flexibility index (Phi) is 2.03. The first-order chi connectivity index (χ1) is 7.13. The van der Waals surface area contributed by atoms with Gasteiger partial charge in [-0.2, -0.15) is 0 Å². The van der Waals surface area contributed by atoms with Gasteiger partial charge in [-0.25, -0.2) is 14.8 Å². The van der Waals surface area contributed by atoms with Crippen LogP contribution in [-0.4, -0.2) is 32.7 Å². The molecule has 2 aromatic rings. The fourth-order valence-corrected chi connectivity index (χ4v) is 1.42. The van der Waals surface area contributed by atoms with Crippen LogP contribution in [0.1, 0.15) is 10.6 Å². The lowest BCUT2D eigenvalue weighted by molar-refractivity contribution is 0.0684. The number of hydrogen-bond donors (Lipinski definition) is 2. The van der Waals surface area contributed by atoms with Gasteiger partial charge in [-0.05, 0) is 6.07 Å². The zero-order chi connectivity index (χ0) is 11.0. The number of nitrogens with one attached hydrogen (secondary N) is 1. The van der Waals surface area contributed by atoms with E-state index in [0.717, 1.165) is 5.39 Å². The highest BCUT2D eigenvalue weighted by molar-refractivity contribution is 5.92. The molecule has 0 amide bonds. The van der Waals surface area contributed by atoms with Crippen molar-refractivity contribution in [2.75, 3.05) is 12.4 Å². The van der Waals surface area contributed by atoms with Gasteiger partial charge in [-0.3, -0.25) is 0 Å². The molecule has 15 heavy (non-hydrogen) atoms. The van der Waals surface area contributed by atoms with E-state index in [-0.39, 0.29) is 5.82 Å². The van der Waals surface area contributed by atoms with Crippen molar-refractivity contribution >= 4 is 22.8 Å². The Morgan fingerprint density at radius 2 is 2.27 bits per heavy atom.